The minimum absolute atomic E-state index is 0.0851. The molecular formula is C21H29N3O6S. The summed E-state index contributed by atoms with van der Waals surface area (Å²) in [4.78, 5) is 38.6. The van der Waals surface area contributed by atoms with E-state index >= 15 is 0 Å². The van der Waals surface area contributed by atoms with Gasteiger partial charge in [0.2, 0.25) is 5.91 Å². The van der Waals surface area contributed by atoms with Crippen LogP contribution < -0.4 is 15.4 Å². The average Bonchev–Trinajstić information content (AvgIpc) is 2.74. The molecule has 1 unspecified atom stereocenters. The highest BCUT2D eigenvalue weighted by Gasteiger charge is 2.34. The highest BCUT2D eigenvalue weighted by molar-refractivity contribution is 7.80. The minimum atomic E-state index is -0.835. The number of carbonyl (C=O) groups is 3. The van der Waals surface area contributed by atoms with Gasteiger partial charge in [-0.25, -0.2) is 0 Å². The molecule has 1 aromatic rings. The van der Waals surface area contributed by atoms with Gasteiger partial charge in [0.05, 0.1) is 19.6 Å². The number of hydrogen-bond acceptors (Lipinski definition) is 7. The smallest absolute Gasteiger partial charge is 0.308 e. The van der Waals surface area contributed by atoms with Crippen molar-refractivity contribution in [2.75, 3.05) is 40.0 Å². The van der Waals surface area contributed by atoms with Crippen LogP contribution in [0.1, 0.15) is 30.6 Å². The second kappa shape index (κ2) is 12.2. The summed E-state index contributed by atoms with van der Waals surface area (Å²) in [6.45, 7) is 5.74. The third-order valence-corrected chi connectivity index (χ3v) is 4.76. The zero-order chi connectivity index (χ0) is 22.8. The Balaban J connectivity index is 1.96. The van der Waals surface area contributed by atoms with Crippen LogP contribution in [0.4, 0.5) is 0 Å². The normalized spacial score (nSPS) is 15.9. The van der Waals surface area contributed by atoms with Gasteiger partial charge in [0.15, 0.2) is 5.11 Å². The fraction of sp³-hybridized carbons (Fsp3) is 0.524. The maximum absolute atomic E-state index is 12.6. The number of nitrogens with zero attached hydrogens (tertiary/aromatic N) is 1. The first-order valence-corrected chi connectivity index (χ1v) is 10.5. The van der Waals surface area contributed by atoms with Gasteiger partial charge in [-0.3, -0.25) is 19.7 Å². The summed E-state index contributed by atoms with van der Waals surface area (Å²) in [5, 5.41) is 5.44. The lowest BCUT2D eigenvalue weighted by Crippen LogP contribution is -2.60. The van der Waals surface area contributed by atoms with E-state index in [0.29, 0.717) is 37.6 Å². The van der Waals surface area contributed by atoms with Gasteiger partial charge in [0.25, 0.3) is 5.91 Å². The number of nitrogens with one attached hydrogen (secondary N) is 2. The van der Waals surface area contributed by atoms with E-state index in [-0.39, 0.29) is 30.0 Å². The summed E-state index contributed by atoms with van der Waals surface area (Å²) < 4.78 is 15.6. The molecule has 2 N–H and O–H groups in total. The van der Waals surface area contributed by atoms with E-state index in [4.69, 9.17) is 26.4 Å². The summed E-state index contributed by atoms with van der Waals surface area (Å²) in [7, 11) is 1.59. The molecule has 0 aliphatic carbocycles. The second-order valence-corrected chi connectivity index (χ2v) is 7.79. The molecule has 1 fully saturated rings. The number of ether oxygens (including phenoxy) is 3. The molecule has 9 nitrogen and oxygen atoms in total. The monoisotopic (exact) mass is 451 g/mol. The lowest BCUT2D eigenvalue weighted by molar-refractivity contribution is -0.148. The lowest BCUT2D eigenvalue weighted by Gasteiger charge is -2.36. The maximum atomic E-state index is 12.6. The van der Waals surface area contributed by atoms with Crippen molar-refractivity contribution in [3.8, 4) is 5.75 Å². The summed E-state index contributed by atoms with van der Waals surface area (Å²) in [5.74, 6) is -0.428. The number of esters is 1. The van der Waals surface area contributed by atoms with Gasteiger partial charge < -0.3 is 24.4 Å². The van der Waals surface area contributed by atoms with Gasteiger partial charge in [0, 0.05) is 25.8 Å². The number of carbonyl (C=O) groups excluding carboxylic acids is 3. The first-order valence-electron chi connectivity index (χ1n) is 10.1. The standard InChI is InChI=1S/C21H29N3O6S/c1-14(2)13-30-18(25)12-17-20(27)22-8-9-24(17)21(31)23-19(26)15-4-6-16(7-5-15)29-11-10-28-3/h4-7,14,17H,8-13H2,1-3H3,(H,22,27)(H,23,26,31). The summed E-state index contributed by atoms with van der Waals surface area (Å²) in [6, 6.07) is 5.75. The van der Waals surface area contributed by atoms with Gasteiger partial charge in [-0.15, -0.1) is 0 Å². The van der Waals surface area contributed by atoms with Crippen molar-refractivity contribution in [3.05, 3.63) is 29.8 Å². The number of thiocarbonyl (C=S) groups is 1. The van der Waals surface area contributed by atoms with Gasteiger partial charge in [-0.1, -0.05) is 13.8 Å². The molecule has 170 valence electrons. The van der Waals surface area contributed by atoms with Crippen LogP contribution in [0.5, 0.6) is 5.75 Å². The molecule has 10 heteroatoms. The molecule has 0 spiro atoms. The molecule has 0 aromatic heterocycles. The van der Waals surface area contributed by atoms with Crippen LogP contribution in [0.25, 0.3) is 0 Å². The minimum Gasteiger partial charge on any atom is -0.491 e. The van der Waals surface area contributed by atoms with Crippen molar-refractivity contribution in [2.45, 2.75) is 26.3 Å². The van der Waals surface area contributed by atoms with E-state index in [1.54, 1.807) is 36.3 Å². The third kappa shape index (κ3) is 7.80. The number of methoxy groups -OCH3 is 1. The number of piperazine rings is 1. The predicted octanol–water partition coefficient (Wildman–Crippen LogP) is 1.12. The predicted molar refractivity (Wildman–Crippen MR) is 118 cm³/mol. The van der Waals surface area contributed by atoms with Gasteiger partial charge in [-0.05, 0) is 42.4 Å². The second-order valence-electron chi connectivity index (χ2n) is 7.41. The largest absolute Gasteiger partial charge is 0.491 e. The van der Waals surface area contributed by atoms with Gasteiger partial charge in [0.1, 0.15) is 18.4 Å². The van der Waals surface area contributed by atoms with Crippen LogP contribution in [0, 0.1) is 5.92 Å². The SMILES string of the molecule is COCCOc1ccc(C(=O)NC(=S)N2CCNC(=O)C2CC(=O)OCC(C)C)cc1. The number of benzene rings is 1. The molecule has 1 heterocycles. The molecule has 0 radical (unpaired) electrons. The van der Waals surface area contributed by atoms with E-state index in [0.717, 1.165) is 0 Å². The van der Waals surface area contributed by atoms with Crippen LogP contribution >= 0.6 is 12.2 Å². The van der Waals surface area contributed by atoms with E-state index in [2.05, 4.69) is 10.6 Å². The fourth-order valence-electron chi connectivity index (χ4n) is 2.82. The lowest BCUT2D eigenvalue weighted by atomic mass is 10.1. The molecule has 0 saturated carbocycles. The zero-order valence-electron chi connectivity index (χ0n) is 18.0. The van der Waals surface area contributed by atoms with Crippen molar-refractivity contribution in [3.63, 3.8) is 0 Å². The maximum Gasteiger partial charge on any atom is 0.308 e. The van der Waals surface area contributed by atoms with Gasteiger partial charge in [-0.2, -0.15) is 0 Å². The van der Waals surface area contributed by atoms with E-state index in [9.17, 15) is 14.4 Å². The molecule has 1 aliphatic rings. The highest BCUT2D eigenvalue weighted by atomic mass is 32.1. The fourth-order valence-corrected chi connectivity index (χ4v) is 3.13. The Morgan fingerprint density at radius 1 is 1.26 bits per heavy atom. The van der Waals surface area contributed by atoms with Crippen molar-refractivity contribution in [2.24, 2.45) is 5.92 Å². The number of rotatable bonds is 9. The van der Waals surface area contributed by atoms with Crippen LogP contribution in [0.15, 0.2) is 24.3 Å². The summed E-state index contributed by atoms with van der Waals surface area (Å²) >= 11 is 5.36. The molecule has 1 aliphatic heterocycles. The quantitative estimate of drug-likeness (QED) is 0.327. The number of hydrogen-bond donors (Lipinski definition) is 2. The Bertz CT molecular complexity index is 784. The van der Waals surface area contributed by atoms with E-state index in [1.165, 1.54) is 0 Å². The Morgan fingerprint density at radius 2 is 1.97 bits per heavy atom. The van der Waals surface area contributed by atoms with Crippen LogP contribution in [-0.4, -0.2) is 73.9 Å². The Labute approximate surface area is 187 Å². The first-order chi connectivity index (χ1) is 14.8. The topological polar surface area (TPSA) is 106 Å². The average molecular weight is 452 g/mol. The van der Waals surface area contributed by atoms with Crippen molar-refractivity contribution in [1.82, 2.24) is 15.5 Å². The molecule has 2 rings (SSSR count). The van der Waals surface area contributed by atoms with Crippen LogP contribution in [-0.2, 0) is 19.1 Å². The van der Waals surface area contributed by atoms with Crippen molar-refractivity contribution >= 4 is 35.1 Å². The Hall–Kier alpha value is -2.72. The molecule has 1 atom stereocenters. The van der Waals surface area contributed by atoms with E-state index < -0.39 is 17.9 Å². The summed E-state index contributed by atoms with van der Waals surface area (Å²) in [5.41, 5.74) is 0.385. The molecule has 0 bridgehead atoms. The first kappa shape index (κ1) is 24.5. The van der Waals surface area contributed by atoms with Crippen LogP contribution in [0.3, 0.4) is 0 Å². The molecular weight excluding hydrogens is 422 g/mol. The molecule has 2 amide bonds. The molecule has 1 aromatic carbocycles. The summed E-state index contributed by atoms with van der Waals surface area (Å²) in [6.07, 6.45) is -0.151. The zero-order valence-corrected chi connectivity index (χ0v) is 18.8. The van der Waals surface area contributed by atoms with Gasteiger partial charge >= 0.3 is 5.97 Å². The Morgan fingerprint density at radius 3 is 2.61 bits per heavy atom. The Kier molecular flexibility index (Phi) is 9.67. The molecule has 31 heavy (non-hydrogen) atoms. The van der Waals surface area contributed by atoms with Crippen molar-refractivity contribution < 1.29 is 28.6 Å². The van der Waals surface area contributed by atoms with Crippen LogP contribution in [0.2, 0.25) is 0 Å². The van der Waals surface area contributed by atoms with E-state index in [1.807, 2.05) is 13.8 Å². The number of amides is 2. The molecule has 1 saturated heterocycles. The third-order valence-electron chi connectivity index (χ3n) is 4.42. The van der Waals surface area contributed by atoms with Crippen molar-refractivity contribution in [1.29, 1.82) is 0 Å². The highest BCUT2D eigenvalue weighted by Crippen LogP contribution is 2.14.